The van der Waals surface area contributed by atoms with Gasteiger partial charge in [0.2, 0.25) is 0 Å². The molecular weight excluding hydrogens is 176 g/mol. The molecule has 1 N–H and O–H groups in total. The molecule has 0 aromatic carbocycles. The lowest BCUT2D eigenvalue weighted by Crippen LogP contribution is -2.31. The van der Waals surface area contributed by atoms with E-state index in [1.165, 1.54) is 19.6 Å². The quantitative estimate of drug-likeness (QED) is 0.642. The fourth-order valence-corrected chi connectivity index (χ4v) is 1.97. The number of nitrogens with one attached hydrogen (secondary N) is 1. The minimum atomic E-state index is 0.821. The van der Waals surface area contributed by atoms with Gasteiger partial charge in [0, 0.05) is 19.7 Å². The second-order valence-electron chi connectivity index (χ2n) is 4.35. The molecular formula is C11H24N2O. The molecule has 1 aliphatic rings. The van der Waals surface area contributed by atoms with Crippen LogP contribution in [-0.4, -0.2) is 51.3 Å². The Morgan fingerprint density at radius 1 is 1.43 bits per heavy atom. The Labute approximate surface area is 87.8 Å². The molecule has 84 valence electrons. The van der Waals surface area contributed by atoms with E-state index in [4.69, 9.17) is 4.74 Å². The maximum Gasteiger partial charge on any atom is 0.0593 e. The molecule has 3 heteroatoms. The molecule has 1 aliphatic heterocycles. The number of likely N-dealkylation sites (N-methyl/N-ethyl adjacent to an activating group) is 1. The van der Waals surface area contributed by atoms with Gasteiger partial charge < -0.3 is 15.0 Å². The lowest BCUT2D eigenvalue weighted by Gasteiger charge is -2.22. The molecule has 0 unspecified atom stereocenters. The van der Waals surface area contributed by atoms with E-state index in [0.29, 0.717) is 0 Å². The standard InChI is InChI=1S/C11H24N2O/c1-4-14-6-5-13(3)9-11-8-12-7-10(11)2/h10-12H,4-9H2,1-3H3/t10-,11+/m1/s1. The molecule has 0 amide bonds. The van der Waals surface area contributed by atoms with Gasteiger partial charge in [0.15, 0.2) is 0 Å². The van der Waals surface area contributed by atoms with Crippen molar-refractivity contribution in [1.82, 2.24) is 10.2 Å². The molecule has 14 heavy (non-hydrogen) atoms. The van der Waals surface area contributed by atoms with Crippen LogP contribution < -0.4 is 5.32 Å². The van der Waals surface area contributed by atoms with Gasteiger partial charge in [0.05, 0.1) is 6.61 Å². The highest BCUT2D eigenvalue weighted by Crippen LogP contribution is 2.16. The van der Waals surface area contributed by atoms with E-state index in [2.05, 4.69) is 24.2 Å². The summed E-state index contributed by atoms with van der Waals surface area (Å²) in [7, 11) is 2.18. The Morgan fingerprint density at radius 2 is 2.21 bits per heavy atom. The van der Waals surface area contributed by atoms with Crippen LogP contribution in [0.5, 0.6) is 0 Å². The molecule has 0 aromatic rings. The second-order valence-corrected chi connectivity index (χ2v) is 4.35. The zero-order chi connectivity index (χ0) is 10.4. The first-order chi connectivity index (χ1) is 6.74. The van der Waals surface area contributed by atoms with Crippen molar-refractivity contribution in [3.05, 3.63) is 0 Å². The lowest BCUT2D eigenvalue weighted by atomic mass is 9.98. The molecule has 3 nitrogen and oxygen atoms in total. The number of hydrogen-bond donors (Lipinski definition) is 1. The van der Waals surface area contributed by atoms with Crippen molar-refractivity contribution >= 4 is 0 Å². The average Bonchev–Trinajstić information content (AvgIpc) is 2.52. The molecule has 0 bridgehead atoms. The summed E-state index contributed by atoms with van der Waals surface area (Å²) in [6.07, 6.45) is 0. The molecule has 1 rings (SSSR count). The largest absolute Gasteiger partial charge is 0.380 e. The third-order valence-electron chi connectivity index (χ3n) is 3.05. The van der Waals surface area contributed by atoms with Gasteiger partial charge >= 0.3 is 0 Å². The summed E-state index contributed by atoms with van der Waals surface area (Å²) >= 11 is 0. The van der Waals surface area contributed by atoms with Crippen molar-refractivity contribution in [1.29, 1.82) is 0 Å². The fraction of sp³-hybridized carbons (Fsp3) is 1.00. The van der Waals surface area contributed by atoms with E-state index >= 15 is 0 Å². The first-order valence-corrected chi connectivity index (χ1v) is 5.71. The van der Waals surface area contributed by atoms with E-state index in [0.717, 1.165) is 31.6 Å². The molecule has 0 spiro atoms. The Hall–Kier alpha value is -0.120. The van der Waals surface area contributed by atoms with Crippen molar-refractivity contribution in [3.63, 3.8) is 0 Å². The third kappa shape index (κ3) is 3.95. The molecule has 2 atom stereocenters. The summed E-state index contributed by atoms with van der Waals surface area (Å²) in [5.74, 6) is 1.64. The van der Waals surface area contributed by atoms with Gasteiger partial charge in [-0.1, -0.05) is 6.92 Å². The van der Waals surface area contributed by atoms with Crippen molar-refractivity contribution in [2.24, 2.45) is 11.8 Å². The molecule has 1 fully saturated rings. The van der Waals surface area contributed by atoms with Crippen LogP contribution in [0.1, 0.15) is 13.8 Å². The van der Waals surface area contributed by atoms with Gasteiger partial charge in [-0.25, -0.2) is 0 Å². The predicted octanol–water partition coefficient (Wildman–Crippen LogP) is 0.810. The molecule has 1 heterocycles. The van der Waals surface area contributed by atoms with Crippen molar-refractivity contribution in [2.45, 2.75) is 13.8 Å². The number of nitrogens with zero attached hydrogens (tertiary/aromatic N) is 1. The SMILES string of the molecule is CCOCCN(C)C[C@@H]1CNC[C@H]1C. The summed E-state index contributed by atoms with van der Waals surface area (Å²) in [4.78, 5) is 2.38. The summed E-state index contributed by atoms with van der Waals surface area (Å²) in [6.45, 7) is 10.7. The van der Waals surface area contributed by atoms with Crippen molar-refractivity contribution < 1.29 is 4.74 Å². The van der Waals surface area contributed by atoms with Crippen LogP contribution in [0.15, 0.2) is 0 Å². The molecule has 0 radical (unpaired) electrons. The summed E-state index contributed by atoms with van der Waals surface area (Å²) in [5.41, 5.74) is 0. The van der Waals surface area contributed by atoms with E-state index < -0.39 is 0 Å². The number of rotatable bonds is 6. The van der Waals surface area contributed by atoms with Crippen LogP contribution in [0.3, 0.4) is 0 Å². The van der Waals surface area contributed by atoms with Gasteiger partial charge in [0.25, 0.3) is 0 Å². The second kappa shape index (κ2) is 6.38. The maximum atomic E-state index is 5.34. The summed E-state index contributed by atoms with van der Waals surface area (Å²) < 4.78 is 5.34. The highest BCUT2D eigenvalue weighted by atomic mass is 16.5. The van der Waals surface area contributed by atoms with Gasteiger partial charge in [-0.2, -0.15) is 0 Å². The van der Waals surface area contributed by atoms with Gasteiger partial charge in [0.1, 0.15) is 0 Å². The van der Waals surface area contributed by atoms with Crippen LogP contribution in [0.4, 0.5) is 0 Å². The predicted molar refractivity (Wildman–Crippen MR) is 59.5 cm³/mol. The highest BCUT2D eigenvalue weighted by Gasteiger charge is 2.23. The Kier molecular flexibility index (Phi) is 5.45. The number of ether oxygens (including phenoxy) is 1. The first kappa shape index (κ1) is 12.0. The summed E-state index contributed by atoms with van der Waals surface area (Å²) in [6, 6.07) is 0. The zero-order valence-electron chi connectivity index (χ0n) is 9.75. The zero-order valence-corrected chi connectivity index (χ0v) is 9.75. The van der Waals surface area contributed by atoms with E-state index in [-0.39, 0.29) is 0 Å². The third-order valence-corrected chi connectivity index (χ3v) is 3.05. The Morgan fingerprint density at radius 3 is 2.79 bits per heavy atom. The van der Waals surface area contributed by atoms with Crippen LogP contribution in [0.2, 0.25) is 0 Å². The topological polar surface area (TPSA) is 24.5 Å². The van der Waals surface area contributed by atoms with Gasteiger partial charge in [-0.3, -0.25) is 0 Å². The minimum absolute atomic E-state index is 0.821. The van der Waals surface area contributed by atoms with Gasteiger partial charge in [-0.15, -0.1) is 0 Å². The van der Waals surface area contributed by atoms with E-state index in [9.17, 15) is 0 Å². The molecule has 0 saturated carbocycles. The normalized spacial score (nSPS) is 27.4. The summed E-state index contributed by atoms with van der Waals surface area (Å²) in [5, 5.41) is 3.44. The smallest absolute Gasteiger partial charge is 0.0593 e. The van der Waals surface area contributed by atoms with Gasteiger partial charge in [-0.05, 0) is 38.9 Å². The highest BCUT2D eigenvalue weighted by molar-refractivity contribution is 4.79. The molecule has 1 saturated heterocycles. The Balaban J connectivity index is 2.09. The van der Waals surface area contributed by atoms with Crippen LogP contribution in [-0.2, 0) is 4.74 Å². The molecule has 0 aliphatic carbocycles. The van der Waals surface area contributed by atoms with Crippen LogP contribution in [0.25, 0.3) is 0 Å². The first-order valence-electron chi connectivity index (χ1n) is 5.71. The maximum absolute atomic E-state index is 5.34. The van der Waals surface area contributed by atoms with E-state index in [1.54, 1.807) is 0 Å². The number of hydrogen-bond acceptors (Lipinski definition) is 3. The molecule has 0 aromatic heterocycles. The van der Waals surface area contributed by atoms with E-state index in [1.807, 2.05) is 6.92 Å². The van der Waals surface area contributed by atoms with Crippen LogP contribution >= 0.6 is 0 Å². The Bertz CT molecular complexity index is 152. The van der Waals surface area contributed by atoms with Crippen molar-refractivity contribution in [3.8, 4) is 0 Å². The lowest BCUT2D eigenvalue weighted by molar-refractivity contribution is 0.115. The van der Waals surface area contributed by atoms with Crippen LogP contribution in [0, 0.1) is 11.8 Å². The minimum Gasteiger partial charge on any atom is -0.380 e. The average molecular weight is 200 g/mol. The van der Waals surface area contributed by atoms with Crippen molar-refractivity contribution in [2.75, 3.05) is 46.4 Å². The monoisotopic (exact) mass is 200 g/mol. The fourth-order valence-electron chi connectivity index (χ4n) is 1.97.